The van der Waals surface area contributed by atoms with Crippen LogP contribution < -0.4 is 0 Å². The Bertz CT molecular complexity index is 280. The number of nitrogens with zero attached hydrogens (tertiary/aromatic N) is 2. The first-order valence-corrected chi connectivity index (χ1v) is 4.22. The highest BCUT2D eigenvalue weighted by atomic mass is 14.8. The lowest BCUT2D eigenvalue weighted by molar-refractivity contribution is 1.12. The lowest BCUT2D eigenvalue weighted by Gasteiger charge is -2.09. The molecular weight excluding hydrogens is 148 g/mol. The molecule has 0 spiro atoms. The minimum absolute atomic E-state index is 0.813. The number of hydrogen-bond acceptors (Lipinski definition) is 2. The van der Waals surface area contributed by atoms with Crippen molar-refractivity contribution in [3.8, 4) is 0 Å². The van der Waals surface area contributed by atoms with Crippen LogP contribution in [0.3, 0.4) is 0 Å². The third-order valence-corrected chi connectivity index (χ3v) is 1.74. The van der Waals surface area contributed by atoms with Crippen LogP contribution >= 0.6 is 0 Å². The van der Waals surface area contributed by atoms with E-state index in [1.165, 1.54) is 5.57 Å². The summed E-state index contributed by atoms with van der Waals surface area (Å²) in [5.74, 6) is 0. The quantitative estimate of drug-likeness (QED) is 0.565. The Kier molecular flexibility index (Phi) is 2.97. The third-order valence-electron chi connectivity index (χ3n) is 1.74. The molecular formula is C10H14N2. The Hall–Kier alpha value is -1.18. The Morgan fingerprint density at radius 1 is 1.58 bits per heavy atom. The highest BCUT2D eigenvalue weighted by Gasteiger charge is 2.08. The summed E-state index contributed by atoms with van der Waals surface area (Å²) in [5, 5.41) is 0. The SMILES string of the molecule is C/C=C1/N=CC=C(C)C1=NCC. The topological polar surface area (TPSA) is 24.7 Å². The minimum atomic E-state index is 0.813. The molecule has 0 fully saturated rings. The molecule has 0 unspecified atom stereocenters. The van der Waals surface area contributed by atoms with Gasteiger partial charge in [-0.1, -0.05) is 6.08 Å². The summed E-state index contributed by atoms with van der Waals surface area (Å²) in [5.41, 5.74) is 3.21. The molecule has 0 bridgehead atoms. The second kappa shape index (κ2) is 4.00. The fraction of sp³-hybridized carbons (Fsp3) is 0.400. The maximum absolute atomic E-state index is 4.38. The van der Waals surface area contributed by atoms with Crippen LogP contribution in [0.25, 0.3) is 0 Å². The van der Waals surface area contributed by atoms with Crippen LogP contribution in [0.1, 0.15) is 20.8 Å². The molecule has 0 aromatic rings. The van der Waals surface area contributed by atoms with Gasteiger partial charge in [0.15, 0.2) is 0 Å². The molecule has 1 aliphatic heterocycles. The lowest BCUT2D eigenvalue weighted by Crippen LogP contribution is -2.07. The van der Waals surface area contributed by atoms with E-state index in [0.29, 0.717) is 0 Å². The molecule has 0 aromatic carbocycles. The van der Waals surface area contributed by atoms with E-state index in [9.17, 15) is 0 Å². The molecule has 0 atom stereocenters. The summed E-state index contributed by atoms with van der Waals surface area (Å²) in [4.78, 5) is 8.61. The van der Waals surface area contributed by atoms with Crippen molar-refractivity contribution in [3.05, 3.63) is 23.4 Å². The number of aliphatic imine (C=N–C) groups is 2. The molecule has 64 valence electrons. The first kappa shape index (κ1) is 8.91. The van der Waals surface area contributed by atoms with Crippen molar-refractivity contribution in [2.24, 2.45) is 9.98 Å². The van der Waals surface area contributed by atoms with E-state index >= 15 is 0 Å². The van der Waals surface area contributed by atoms with Gasteiger partial charge in [-0.3, -0.25) is 9.98 Å². The van der Waals surface area contributed by atoms with Gasteiger partial charge < -0.3 is 0 Å². The number of rotatable bonds is 1. The predicted molar refractivity (Wildman–Crippen MR) is 54.0 cm³/mol. The number of hydrogen-bond donors (Lipinski definition) is 0. The second-order valence-corrected chi connectivity index (χ2v) is 2.62. The number of allylic oxidation sites excluding steroid dienone is 3. The van der Waals surface area contributed by atoms with E-state index in [2.05, 4.69) is 16.9 Å². The van der Waals surface area contributed by atoms with Crippen LogP contribution in [0.15, 0.2) is 33.4 Å². The molecule has 1 aliphatic rings. The van der Waals surface area contributed by atoms with Gasteiger partial charge in [0.05, 0.1) is 11.4 Å². The van der Waals surface area contributed by atoms with Gasteiger partial charge in [0.25, 0.3) is 0 Å². The Morgan fingerprint density at radius 2 is 2.33 bits per heavy atom. The molecule has 0 aliphatic carbocycles. The zero-order valence-electron chi connectivity index (χ0n) is 7.83. The van der Waals surface area contributed by atoms with Gasteiger partial charge in [-0.25, -0.2) is 0 Å². The van der Waals surface area contributed by atoms with E-state index in [1.807, 2.05) is 32.2 Å². The average molecular weight is 162 g/mol. The van der Waals surface area contributed by atoms with Gasteiger partial charge in [-0.2, -0.15) is 0 Å². The Balaban J connectivity index is 3.03. The van der Waals surface area contributed by atoms with Gasteiger partial charge in [-0.05, 0) is 32.4 Å². The van der Waals surface area contributed by atoms with Crippen molar-refractivity contribution < 1.29 is 0 Å². The average Bonchev–Trinajstić information content (AvgIpc) is 2.09. The summed E-state index contributed by atoms with van der Waals surface area (Å²) in [6, 6.07) is 0. The van der Waals surface area contributed by atoms with Crippen molar-refractivity contribution in [2.45, 2.75) is 20.8 Å². The summed E-state index contributed by atoms with van der Waals surface area (Å²) >= 11 is 0. The normalized spacial score (nSPS) is 23.4. The predicted octanol–water partition coefficient (Wildman–Crippen LogP) is 2.38. The Labute approximate surface area is 73.4 Å². The first-order valence-electron chi connectivity index (χ1n) is 4.22. The fourth-order valence-electron chi connectivity index (χ4n) is 1.15. The van der Waals surface area contributed by atoms with Gasteiger partial charge in [0.2, 0.25) is 0 Å². The fourth-order valence-corrected chi connectivity index (χ4v) is 1.15. The van der Waals surface area contributed by atoms with E-state index in [1.54, 1.807) is 0 Å². The summed E-state index contributed by atoms with van der Waals surface area (Å²) in [7, 11) is 0. The van der Waals surface area contributed by atoms with Crippen molar-refractivity contribution in [2.75, 3.05) is 6.54 Å². The van der Waals surface area contributed by atoms with E-state index < -0.39 is 0 Å². The van der Waals surface area contributed by atoms with Crippen molar-refractivity contribution in [1.82, 2.24) is 0 Å². The second-order valence-electron chi connectivity index (χ2n) is 2.62. The van der Waals surface area contributed by atoms with Crippen LogP contribution in [0.2, 0.25) is 0 Å². The highest BCUT2D eigenvalue weighted by molar-refractivity contribution is 6.16. The molecule has 0 saturated carbocycles. The standard InChI is InChI=1S/C10H14N2/c1-4-9-10(11-5-2)8(3)6-7-12-9/h4,6-7H,5H2,1-3H3/b9-4+,11-10?. The van der Waals surface area contributed by atoms with Crippen molar-refractivity contribution >= 4 is 11.9 Å². The van der Waals surface area contributed by atoms with Crippen molar-refractivity contribution in [3.63, 3.8) is 0 Å². The molecule has 0 amide bonds. The van der Waals surface area contributed by atoms with E-state index in [0.717, 1.165) is 18.0 Å². The van der Waals surface area contributed by atoms with Crippen LogP contribution in [0.5, 0.6) is 0 Å². The van der Waals surface area contributed by atoms with E-state index in [4.69, 9.17) is 0 Å². The van der Waals surface area contributed by atoms with E-state index in [-0.39, 0.29) is 0 Å². The highest BCUT2D eigenvalue weighted by Crippen LogP contribution is 2.12. The largest absolute Gasteiger partial charge is 0.283 e. The van der Waals surface area contributed by atoms with Gasteiger partial charge in [0.1, 0.15) is 0 Å². The zero-order chi connectivity index (χ0) is 8.97. The molecule has 0 aromatic heterocycles. The maximum Gasteiger partial charge on any atom is 0.0856 e. The molecule has 1 rings (SSSR count). The summed E-state index contributed by atoms with van der Waals surface area (Å²) < 4.78 is 0. The molecule has 1 heterocycles. The monoisotopic (exact) mass is 162 g/mol. The molecule has 2 nitrogen and oxygen atoms in total. The smallest absolute Gasteiger partial charge is 0.0856 e. The van der Waals surface area contributed by atoms with Gasteiger partial charge in [-0.15, -0.1) is 0 Å². The van der Waals surface area contributed by atoms with Gasteiger partial charge in [0, 0.05) is 12.8 Å². The first-order chi connectivity index (χ1) is 5.79. The van der Waals surface area contributed by atoms with Crippen LogP contribution in [-0.4, -0.2) is 18.5 Å². The molecule has 2 heteroatoms. The summed E-state index contributed by atoms with van der Waals surface area (Å²) in [6.45, 7) is 6.89. The Morgan fingerprint density at radius 3 is 2.92 bits per heavy atom. The lowest BCUT2D eigenvalue weighted by atomic mass is 10.1. The molecule has 0 saturated heterocycles. The minimum Gasteiger partial charge on any atom is -0.283 e. The molecule has 0 radical (unpaired) electrons. The molecule has 0 N–H and O–H groups in total. The maximum atomic E-state index is 4.38. The van der Waals surface area contributed by atoms with Crippen molar-refractivity contribution in [1.29, 1.82) is 0 Å². The zero-order valence-corrected chi connectivity index (χ0v) is 7.83. The molecule has 12 heavy (non-hydrogen) atoms. The summed E-state index contributed by atoms with van der Waals surface area (Å²) in [6.07, 6.45) is 5.79. The van der Waals surface area contributed by atoms with Crippen LogP contribution in [0.4, 0.5) is 0 Å². The van der Waals surface area contributed by atoms with Crippen LogP contribution in [0, 0.1) is 0 Å². The number of dihydropyridines is 1. The van der Waals surface area contributed by atoms with Gasteiger partial charge >= 0.3 is 0 Å². The third kappa shape index (κ3) is 1.70. The van der Waals surface area contributed by atoms with Crippen LogP contribution in [-0.2, 0) is 0 Å².